The second-order valence-corrected chi connectivity index (χ2v) is 6.30. The molecule has 6 heteroatoms. The third-order valence-electron chi connectivity index (χ3n) is 2.80. The molecule has 0 unspecified atom stereocenters. The molecule has 5 nitrogen and oxygen atoms in total. The average Bonchev–Trinajstić information content (AvgIpc) is 2.83. The normalized spacial score (nSPS) is 18.1. The van der Waals surface area contributed by atoms with E-state index in [9.17, 15) is 13.2 Å². The highest BCUT2D eigenvalue weighted by molar-refractivity contribution is 7.92. The zero-order chi connectivity index (χ0) is 12.3. The van der Waals surface area contributed by atoms with E-state index in [1.807, 2.05) is 0 Å². The van der Waals surface area contributed by atoms with E-state index in [0.29, 0.717) is 26.1 Å². The van der Waals surface area contributed by atoms with Crippen molar-refractivity contribution in [3.8, 4) is 0 Å². The van der Waals surface area contributed by atoms with Gasteiger partial charge in [0.2, 0.25) is 5.78 Å². The van der Waals surface area contributed by atoms with Gasteiger partial charge in [-0.2, -0.15) is 0 Å². The molecular formula is C11H14O5S. The molecule has 1 aromatic rings. The molecule has 17 heavy (non-hydrogen) atoms. The van der Waals surface area contributed by atoms with Crippen molar-refractivity contribution in [2.75, 3.05) is 19.0 Å². The van der Waals surface area contributed by atoms with Crippen molar-refractivity contribution in [1.29, 1.82) is 0 Å². The quantitative estimate of drug-likeness (QED) is 0.755. The summed E-state index contributed by atoms with van der Waals surface area (Å²) >= 11 is 0. The van der Waals surface area contributed by atoms with E-state index in [0.717, 1.165) is 0 Å². The van der Waals surface area contributed by atoms with Gasteiger partial charge in [0.05, 0.1) is 11.5 Å². The Bertz CT molecular complexity index is 468. The Labute approximate surface area is 99.7 Å². The first-order chi connectivity index (χ1) is 8.09. The van der Waals surface area contributed by atoms with Crippen LogP contribution in [0.3, 0.4) is 0 Å². The van der Waals surface area contributed by atoms with Crippen LogP contribution in [-0.2, 0) is 14.6 Å². The second kappa shape index (κ2) is 5.01. The number of carbonyl (C=O) groups excluding carboxylic acids is 1. The van der Waals surface area contributed by atoms with E-state index >= 15 is 0 Å². The van der Waals surface area contributed by atoms with E-state index in [1.165, 1.54) is 12.3 Å². The largest absolute Gasteiger partial charge is 0.461 e. The predicted octanol–water partition coefficient (Wildman–Crippen LogP) is 1.06. The summed E-state index contributed by atoms with van der Waals surface area (Å²) in [6.45, 7) is 0.887. The number of furan rings is 1. The van der Waals surface area contributed by atoms with Gasteiger partial charge in [0.15, 0.2) is 15.6 Å². The van der Waals surface area contributed by atoms with Gasteiger partial charge < -0.3 is 9.15 Å². The Morgan fingerprint density at radius 1 is 1.35 bits per heavy atom. The van der Waals surface area contributed by atoms with Crippen molar-refractivity contribution in [3.05, 3.63) is 24.2 Å². The minimum absolute atomic E-state index is 0.0978. The highest BCUT2D eigenvalue weighted by Gasteiger charge is 2.30. The summed E-state index contributed by atoms with van der Waals surface area (Å²) in [6.07, 6.45) is 2.29. The van der Waals surface area contributed by atoms with Crippen molar-refractivity contribution >= 4 is 15.6 Å². The van der Waals surface area contributed by atoms with E-state index in [-0.39, 0.29) is 5.76 Å². The van der Waals surface area contributed by atoms with Crippen LogP contribution in [0.2, 0.25) is 0 Å². The Morgan fingerprint density at radius 3 is 2.65 bits per heavy atom. The van der Waals surface area contributed by atoms with Gasteiger partial charge in [-0.15, -0.1) is 0 Å². The zero-order valence-electron chi connectivity index (χ0n) is 9.29. The van der Waals surface area contributed by atoms with Crippen LogP contribution in [-0.4, -0.2) is 38.4 Å². The minimum atomic E-state index is -3.40. The standard InChI is InChI=1S/C11H14O5S/c12-10(11-2-1-5-16-11)8-17(13,14)9-3-6-15-7-4-9/h1-2,5,9H,3-4,6-8H2. The zero-order valence-corrected chi connectivity index (χ0v) is 10.1. The van der Waals surface area contributed by atoms with Crippen LogP contribution in [0.25, 0.3) is 0 Å². The molecule has 0 spiro atoms. The molecule has 1 fully saturated rings. The molecule has 94 valence electrons. The molecule has 0 bridgehead atoms. The first-order valence-electron chi connectivity index (χ1n) is 5.45. The minimum Gasteiger partial charge on any atom is -0.461 e. The number of sulfone groups is 1. The Kier molecular flexibility index (Phi) is 3.63. The lowest BCUT2D eigenvalue weighted by molar-refractivity contribution is 0.0962. The topological polar surface area (TPSA) is 73.6 Å². The maximum atomic E-state index is 12.0. The molecule has 0 atom stereocenters. The lowest BCUT2D eigenvalue weighted by atomic mass is 10.2. The van der Waals surface area contributed by atoms with Crippen LogP contribution >= 0.6 is 0 Å². The summed E-state index contributed by atoms with van der Waals surface area (Å²) in [4.78, 5) is 11.7. The lowest BCUT2D eigenvalue weighted by Gasteiger charge is -2.21. The SMILES string of the molecule is O=C(CS(=O)(=O)C1CCOCC1)c1ccco1. The molecule has 0 amide bonds. The fourth-order valence-electron chi connectivity index (χ4n) is 1.84. The summed E-state index contributed by atoms with van der Waals surface area (Å²) in [6, 6.07) is 3.04. The molecule has 0 N–H and O–H groups in total. The first-order valence-corrected chi connectivity index (χ1v) is 7.17. The predicted molar refractivity (Wildman–Crippen MR) is 60.7 cm³/mol. The molecule has 1 aromatic heterocycles. The maximum absolute atomic E-state index is 12.0. The lowest BCUT2D eigenvalue weighted by Crippen LogP contribution is -2.33. The van der Waals surface area contributed by atoms with E-state index in [4.69, 9.17) is 9.15 Å². The number of ketones is 1. The Balaban J connectivity index is 2.04. The highest BCUT2D eigenvalue weighted by atomic mass is 32.2. The Hall–Kier alpha value is -1.14. The van der Waals surface area contributed by atoms with E-state index in [1.54, 1.807) is 6.07 Å². The second-order valence-electron chi connectivity index (χ2n) is 4.02. The maximum Gasteiger partial charge on any atom is 0.212 e. The average molecular weight is 258 g/mol. The number of carbonyl (C=O) groups is 1. The smallest absolute Gasteiger partial charge is 0.212 e. The summed E-state index contributed by atoms with van der Waals surface area (Å²) in [5, 5.41) is -0.463. The van der Waals surface area contributed by atoms with Gasteiger partial charge in [0.25, 0.3) is 0 Å². The van der Waals surface area contributed by atoms with Crippen LogP contribution in [0.4, 0.5) is 0 Å². The molecule has 1 aliphatic heterocycles. The van der Waals surface area contributed by atoms with Gasteiger partial charge in [0.1, 0.15) is 5.75 Å². The molecule has 1 aliphatic rings. The molecule has 1 saturated heterocycles. The third kappa shape index (κ3) is 2.95. The van der Waals surface area contributed by atoms with Crippen LogP contribution in [0.15, 0.2) is 22.8 Å². The fourth-order valence-corrected chi connectivity index (χ4v) is 3.50. The van der Waals surface area contributed by atoms with Gasteiger partial charge in [-0.25, -0.2) is 8.42 Å². The van der Waals surface area contributed by atoms with Crippen molar-refractivity contribution < 1.29 is 22.4 Å². The van der Waals surface area contributed by atoms with Crippen molar-refractivity contribution in [1.82, 2.24) is 0 Å². The van der Waals surface area contributed by atoms with Crippen LogP contribution < -0.4 is 0 Å². The highest BCUT2D eigenvalue weighted by Crippen LogP contribution is 2.17. The van der Waals surface area contributed by atoms with Crippen molar-refractivity contribution in [2.24, 2.45) is 0 Å². The molecule has 0 saturated carbocycles. The van der Waals surface area contributed by atoms with Crippen LogP contribution in [0.5, 0.6) is 0 Å². The van der Waals surface area contributed by atoms with Crippen molar-refractivity contribution in [3.63, 3.8) is 0 Å². The summed E-state index contributed by atoms with van der Waals surface area (Å²) < 4.78 is 33.9. The molecule has 0 aliphatic carbocycles. The number of hydrogen-bond donors (Lipinski definition) is 0. The molecular weight excluding hydrogens is 244 g/mol. The first kappa shape index (κ1) is 12.3. The number of rotatable bonds is 4. The van der Waals surface area contributed by atoms with Crippen molar-refractivity contribution in [2.45, 2.75) is 18.1 Å². The third-order valence-corrected chi connectivity index (χ3v) is 4.96. The molecule has 0 radical (unpaired) electrons. The van der Waals surface area contributed by atoms with Gasteiger partial charge in [-0.05, 0) is 25.0 Å². The van der Waals surface area contributed by atoms with Gasteiger partial charge in [-0.3, -0.25) is 4.79 Å². The van der Waals surface area contributed by atoms with E-state index < -0.39 is 26.6 Å². The number of Topliss-reactive ketones (excluding diaryl/α,β-unsaturated/α-hetero) is 1. The number of ether oxygens (including phenoxy) is 1. The molecule has 2 heterocycles. The van der Waals surface area contributed by atoms with Crippen LogP contribution in [0.1, 0.15) is 23.4 Å². The number of hydrogen-bond acceptors (Lipinski definition) is 5. The van der Waals surface area contributed by atoms with Crippen LogP contribution in [0, 0.1) is 0 Å². The fraction of sp³-hybridized carbons (Fsp3) is 0.545. The molecule has 0 aromatic carbocycles. The monoisotopic (exact) mass is 258 g/mol. The summed E-state index contributed by atoms with van der Waals surface area (Å²) in [5.74, 6) is -0.868. The molecule has 2 rings (SSSR count). The Morgan fingerprint density at radius 2 is 2.06 bits per heavy atom. The summed E-state index contributed by atoms with van der Waals surface area (Å²) in [5.41, 5.74) is 0. The van der Waals surface area contributed by atoms with Gasteiger partial charge in [-0.1, -0.05) is 0 Å². The van der Waals surface area contributed by atoms with Gasteiger partial charge >= 0.3 is 0 Å². The van der Waals surface area contributed by atoms with E-state index in [2.05, 4.69) is 0 Å². The summed E-state index contributed by atoms with van der Waals surface area (Å²) in [7, 11) is -3.40. The van der Waals surface area contributed by atoms with Gasteiger partial charge in [0, 0.05) is 13.2 Å².